The molecular weight excluding hydrogens is 288 g/mol. The monoisotopic (exact) mass is 312 g/mol. The second-order valence-corrected chi connectivity index (χ2v) is 4.54. The highest BCUT2D eigenvalue weighted by Gasteiger charge is 2.10. The van der Waals surface area contributed by atoms with Crippen LogP contribution in [-0.2, 0) is 9.53 Å². The fourth-order valence-corrected chi connectivity index (χ4v) is 1.77. The van der Waals surface area contributed by atoms with Crippen molar-refractivity contribution in [1.82, 2.24) is 5.32 Å². The van der Waals surface area contributed by atoms with Gasteiger partial charge in [0, 0.05) is 31.9 Å². The summed E-state index contributed by atoms with van der Waals surface area (Å²) < 4.78 is 20.9. The van der Waals surface area contributed by atoms with Gasteiger partial charge >= 0.3 is 0 Å². The maximum Gasteiger partial charge on any atom is 0.222 e. The van der Waals surface area contributed by atoms with Crippen molar-refractivity contribution in [3.05, 3.63) is 18.2 Å². The Morgan fingerprint density at radius 1 is 1.14 bits per heavy atom. The van der Waals surface area contributed by atoms with E-state index in [1.54, 1.807) is 32.4 Å². The van der Waals surface area contributed by atoms with Crippen LogP contribution in [0, 0.1) is 0 Å². The van der Waals surface area contributed by atoms with Crippen LogP contribution in [0.2, 0.25) is 0 Å². The van der Waals surface area contributed by atoms with Crippen LogP contribution in [0.5, 0.6) is 17.2 Å². The van der Waals surface area contributed by atoms with E-state index < -0.39 is 0 Å². The van der Waals surface area contributed by atoms with Gasteiger partial charge in [0.15, 0.2) is 0 Å². The van der Waals surface area contributed by atoms with Gasteiger partial charge in [-0.2, -0.15) is 0 Å². The van der Waals surface area contributed by atoms with Crippen LogP contribution >= 0.6 is 0 Å². The number of hydrogen-bond acceptors (Lipinski definition) is 6. The van der Waals surface area contributed by atoms with Crippen LogP contribution in [0.15, 0.2) is 18.2 Å². The number of nitrogens with one attached hydrogen (secondary N) is 1. The summed E-state index contributed by atoms with van der Waals surface area (Å²) in [7, 11) is 4.68. The van der Waals surface area contributed by atoms with Crippen LogP contribution in [0.3, 0.4) is 0 Å². The van der Waals surface area contributed by atoms with E-state index in [1.165, 1.54) is 7.11 Å². The van der Waals surface area contributed by atoms with E-state index in [4.69, 9.17) is 24.7 Å². The highest BCUT2D eigenvalue weighted by Crippen LogP contribution is 2.27. The average molecular weight is 312 g/mol. The molecule has 3 N–H and O–H groups in total. The lowest BCUT2D eigenvalue weighted by Gasteiger charge is -2.13. The predicted molar refractivity (Wildman–Crippen MR) is 82.5 cm³/mol. The molecule has 22 heavy (non-hydrogen) atoms. The van der Waals surface area contributed by atoms with Crippen molar-refractivity contribution in [1.29, 1.82) is 0 Å². The Bertz CT molecular complexity index is 441. The maximum absolute atomic E-state index is 11.6. The van der Waals surface area contributed by atoms with Gasteiger partial charge in [0.05, 0.1) is 33.3 Å². The number of carbonyl (C=O) groups is 1. The minimum absolute atomic E-state index is 0.121. The van der Waals surface area contributed by atoms with Crippen LogP contribution < -0.4 is 25.3 Å². The minimum Gasteiger partial charge on any atom is -0.496 e. The topological polar surface area (TPSA) is 92.0 Å². The number of amides is 1. The van der Waals surface area contributed by atoms with Crippen molar-refractivity contribution < 1.29 is 23.7 Å². The van der Waals surface area contributed by atoms with Crippen molar-refractivity contribution in [3.63, 3.8) is 0 Å². The zero-order valence-corrected chi connectivity index (χ0v) is 13.3. The van der Waals surface area contributed by atoms with Crippen LogP contribution in [0.25, 0.3) is 0 Å². The van der Waals surface area contributed by atoms with Gasteiger partial charge in [-0.25, -0.2) is 0 Å². The molecule has 0 bridgehead atoms. The van der Waals surface area contributed by atoms with E-state index in [2.05, 4.69) is 5.32 Å². The largest absolute Gasteiger partial charge is 0.496 e. The van der Waals surface area contributed by atoms with Gasteiger partial charge in [0.1, 0.15) is 23.9 Å². The Hall–Kier alpha value is -1.99. The number of hydrogen-bond donors (Lipinski definition) is 2. The smallest absolute Gasteiger partial charge is 0.222 e. The third-order valence-corrected chi connectivity index (χ3v) is 3.03. The van der Waals surface area contributed by atoms with E-state index in [-0.39, 0.29) is 18.4 Å². The molecule has 124 valence electrons. The van der Waals surface area contributed by atoms with Gasteiger partial charge in [-0.3, -0.25) is 4.79 Å². The first kappa shape index (κ1) is 18.1. The third kappa shape index (κ3) is 6.19. The summed E-state index contributed by atoms with van der Waals surface area (Å²) in [5.41, 5.74) is 5.46. The molecule has 7 nitrogen and oxygen atoms in total. The molecule has 0 fully saturated rings. The fraction of sp³-hybridized carbons (Fsp3) is 0.533. The molecule has 0 heterocycles. The van der Waals surface area contributed by atoms with E-state index >= 15 is 0 Å². The fourth-order valence-electron chi connectivity index (χ4n) is 1.77. The van der Waals surface area contributed by atoms with E-state index in [0.29, 0.717) is 36.9 Å². The van der Waals surface area contributed by atoms with Crippen LogP contribution in [-0.4, -0.2) is 53.0 Å². The summed E-state index contributed by atoms with van der Waals surface area (Å²) in [6.45, 7) is 1.03. The summed E-state index contributed by atoms with van der Waals surface area (Å²) in [5.74, 6) is 1.78. The van der Waals surface area contributed by atoms with Crippen molar-refractivity contribution in [2.24, 2.45) is 5.73 Å². The average Bonchev–Trinajstić information content (AvgIpc) is 2.56. The first-order valence-corrected chi connectivity index (χ1v) is 6.98. The quantitative estimate of drug-likeness (QED) is 0.613. The van der Waals surface area contributed by atoms with Crippen molar-refractivity contribution in [2.75, 3.05) is 41.0 Å². The second kappa shape index (κ2) is 9.86. The molecule has 0 aliphatic rings. The Morgan fingerprint density at radius 3 is 2.23 bits per heavy atom. The first-order valence-electron chi connectivity index (χ1n) is 6.98. The van der Waals surface area contributed by atoms with E-state index in [1.807, 2.05) is 0 Å². The zero-order chi connectivity index (χ0) is 16.4. The number of rotatable bonds is 10. The first-order chi connectivity index (χ1) is 10.6. The Labute approximate surface area is 130 Å². The molecular formula is C15H24N2O5. The molecule has 0 aliphatic heterocycles. The lowest BCUT2D eigenvalue weighted by molar-refractivity contribution is -0.123. The van der Waals surface area contributed by atoms with Gasteiger partial charge in [0.2, 0.25) is 5.91 Å². The highest BCUT2D eigenvalue weighted by atomic mass is 16.5. The van der Waals surface area contributed by atoms with Gasteiger partial charge in [-0.05, 0) is 0 Å². The standard InChI is InChI=1S/C15H24N2O5/c1-19-11-6-12(20-2)8-13(7-11)22-5-4-17-15(18)9-14(10-16)21-3/h6-8,14H,4-5,9-10,16H2,1-3H3,(H,17,18). The normalized spacial score (nSPS) is 11.6. The molecule has 1 atom stereocenters. The van der Waals surface area contributed by atoms with E-state index in [9.17, 15) is 4.79 Å². The molecule has 0 aliphatic carbocycles. The molecule has 7 heteroatoms. The summed E-state index contributed by atoms with van der Waals surface area (Å²) in [5, 5.41) is 2.75. The van der Waals surface area contributed by atoms with E-state index in [0.717, 1.165) is 0 Å². The molecule has 0 spiro atoms. The molecule has 0 saturated heterocycles. The second-order valence-electron chi connectivity index (χ2n) is 4.54. The van der Waals surface area contributed by atoms with Crippen LogP contribution in [0.4, 0.5) is 0 Å². The Balaban J connectivity index is 2.36. The molecule has 0 radical (unpaired) electrons. The summed E-state index contributed by atoms with van der Waals surface area (Å²) in [6, 6.07) is 5.26. The van der Waals surface area contributed by atoms with Crippen molar-refractivity contribution in [3.8, 4) is 17.2 Å². The SMILES string of the molecule is COc1cc(OC)cc(OCCNC(=O)CC(CN)OC)c1. The lowest BCUT2D eigenvalue weighted by atomic mass is 10.2. The molecule has 1 aromatic carbocycles. The summed E-state index contributed by atoms with van der Waals surface area (Å²) in [4.78, 5) is 11.6. The molecule has 1 unspecified atom stereocenters. The molecule has 1 aromatic rings. The molecule has 1 rings (SSSR count). The summed E-state index contributed by atoms with van der Waals surface area (Å²) >= 11 is 0. The molecule has 1 amide bonds. The third-order valence-electron chi connectivity index (χ3n) is 3.03. The molecule has 0 aromatic heterocycles. The Morgan fingerprint density at radius 2 is 1.73 bits per heavy atom. The van der Waals surface area contributed by atoms with Gasteiger partial charge < -0.3 is 30.0 Å². The number of methoxy groups -OCH3 is 3. The zero-order valence-electron chi connectivity index (χ0n) is 13.3. The van der Waals surface area contributed by atoms with Gasteiger partial charge in [-0.1, -0.05) is 0 Å². The predicted octanol–water partition coefficient (Wildman–Crippen LogP) is 0.563. The van der Waals surface area contributed by atoms with Crippen molar-refractivity contribution >= 4 is 5.91 Å². The number of nitrogens with two attached hydrogens (primary N) is 1. The van der Waals surface area contributed by atoms with Crippen molar-refractivity contribution in [2.45, 2.75) is 12.5 Å². The number of carbonyl (C=O) groups excluding carboxylic acids is 1. The van der Waals surface area contributed by atoms with Gasteiger partial charge in [0.25, 0.3) is 0 Å². The maximum atomic E-state index is 11.6. The number of benzene rings is 1. The highest BCUT2D eigenvalue weighted by molar-refractivity contribution is 5.76. The Kier molecular flexibility index (Phi) is 8.09. The summed E-state index contributed by atoms with van der Waals surface area (Å²) in [6.07, 6.45) is -0.0245. The lowest BCUT2D eigenvalue weighted by Crippen LogP contribution is -2.34. The number of ether oxygens (including phenoxy) is 4. The minimum atomic E-state index is -0.261. The molecule has 0 saturated carbocycles. The van der Waals surface area contributed by atoms with Gasteiger partial charge in [-0.15, -0.1) is 0 Å². The van der Waals surface area contributed by atoms with Crippen LogP contribution in [0.1, 0.15) is 6.42 Å².